The third-order valence-corrected chi connectivity index (χ3v) is 1.43. The van der Waals surface area contributed by atoms with Crippen LogP contribution in [-0.4, -0.2) is 5.92 Å². The van der Waals surface area contributed by atoms with Crippen LogP contribution in [0.3, 0.4) is 0 Å². The molecule has 0 unspecified atom stereocenters. The van der Waals surface area contributed by atoms with E-state index < -0.39 is 12.3 Å². The van der Waals surface area contributed by atoms with Gasteiger partial charge in [-0.25, -0.2) is 0 Å². The number of rotatable bonds is 2. The molecule has 0 aliphatic rings. The van der Waals surface area contributed by atoms with Crippen molar-refractivity contribution in [3.8, 4) is 6.07 Å². The van der Waals surface area contributed by atoms with Crippen LogP contribution in [0.15, 0.2) is 30.3 Å². The van der Waals surface area contributed by atoms with Crippen LogP contribution in [-0.2, 0) is 6.42 Å². The second kappa shape index (κ2) is 3.31. The largest absolute Gasteiger partial charge is 0.335 e. The van der Waals surface area contributed by atoms with Gasteiger partial charge in [0.25, 0.3) is 0 Å². The highest BCUT2D eigenvalue weighted by Crippen LogP contribution is 2.18. The summed E-state index contributed by atoms with van der Waals surface area (Å²) in [5.41, 5.74) is 0.476. The summed E-state index contributed by atoms with van der Waals surface area (Å²) in [4.78, 5) is 0. The van der Waals surface area contributed by atoms with Crippen molar-refractivity contribution < 1.29 is 8.78 Å². The first-order valence-electron chi connectivity index (χ1n) is 3.47. The van der Waals surface area contributed by atoms with Gasteiger partial charge in [0.05, 0.1) is 6.42 Å². The van der Waals surface area contributed by atoms with Crippen LogP contribution in [0.2, 0.25) is 0 Å². The Labute approximate surface area is 69.2 Å². The summed E-state index contributed by atoms with van der Waals surface area (Å²) >= 11 is 0. The van der Waals surface area contributed by atoms with Crippen LogP contribution in [0.25, 0.3) is 0 Å². The summed E-state index contributed by atoms with van der Waals surface area (Å²) in [5, 5.41) is 8.06. The lowest BCUT2D eigenvalue weighted by Crippen LogP contribution is -2.15. The highest BCUT2D eigenvalue weighted by Gasteiger charge is 2.28. The highest BCUT2D eigenvalue weighted by molar-refractivity contribution is 5.18. The quantitative estimate of drug-likeness (QED) is 0.663. The minimum absolute atomic E-state index is 0.476. The normalized spacial score (nSPS) is 10.8. The zero-order valence-corrected chi connectivity index (χ0v) is 6.30. The molecule has 1 rings (SSSR count). The lowest BCUT2D eigenvalue weighted by molar-refractivity contribution is 0.0646. The van der Waals surface area contributed by atoms with E-state index in [0.29, 0.717) is 5.56 Å². The van der Waals surface area contributed by atoms with Crippen LogP contribution >= 0.6 is 0 Å². The van der Waals surface area contributed by atoms with Crippen LogP contribution in [0.5, 0.6) is 0 Å². The summed E-state index contributed by atoms with van der Waals surface area (Å²) in [6, 6.07) is 9.19. The molecule has 1 nitrogen and oxygen atoms in total. The fourth-order valence-corrected chi connectivity index (χ4v) is 0.892. The maximum absolute atomic E-state index is 12.5. The van der Waals surface area contributed by atoms with E-state index in [2.05, 4.69) is 0 Å². The van der Waals surface area contributed by atoms with Gasteiger partial charge in [-0.2, -0.15) is 14.0 Å². The SMILES string of the molecule is N#CC(F)(F)Cc1ccccc1. The van der Waals surface area contributed by atoms with Gasteiger partial charge in [0.15, 0.2) is 0 Å². The number of hydrogen-bond donors (Lipinski definition) is 0. The zero-order valence-electron chi connectivity index (χ0n) is 6.30. The Kier molecular flexibility index (Phi) is 2.39. The number of halogens is 2. The second-order valence-corrected chi connectivity index (χ2v) is 2.48. The van der Waals surface area contributed by atoms with Crippen molar-refractivity contribution in [1.82, 2.24) is 0 Å². The molecule has 3 heteroatoms. The Morgan fingerprint density at radius 3 is 2.33 bits per heavy atom. The molecule has 0 radical (unpaired) electrons. The zero-order chi connectivity index (χ0) is 9.03. The van der Waals surface area contributed by atoms with Gasteiger partial charge in [0, 0.05) is 0 Å². The van der Waals surface area contributed by atoms with Gasteiger partial charge in [0.1, 0.15) is 6.07 Å². The topological polar surface area (TPSA) is 23.8 Å². The van der Waals surface area contributed by atoms with E-state index in [4.69, 9.17) is 5.26 Å². The van der Waals surface area contributed by atoms with E-state index in [9.17, 15) is 8.78 Å². The third-order valence-electron chi connectivity index (χ3n) is 1.43. The van der Waals surface area contributed by atoms with Crippen molar-refractivity contribution in [2.75, 3.05) is 0 Å². The number of benzene rings is 1. The molecule has 0 aliphatic heterocycles. The molecular formula is C9H7F2N. The smallest absolute Gasteiger partial charge is 0.192 e. The molecule has 0 aromatic heterocycles. The van der Waals surface area contributed by atoms with E-state index >= 15 is 0 Å². The first-order valence-corrected chi connectivity index (χ1v) is 3.47. The summed E-state index contributed by atoms with van der Waals surface area (Å²) < 4.78 is 25.0. The average molecular weight is 167 g/mol. The Morgan fingerprint density at radius 1 is 1.25 bits per heavy atom. The fourth-order valence-electron chi connectivity index (χ4n) is 0.892. The lowest BCUT2D eigenvalue weighted by atomic mass is 10.1. The number of nitriles is 1. The third kappa shape index (κ3) is 2.31. The van der Waals surface area contributed by atoms with Crippen LogP contribution in [0.1, 0.15) is 5.56 Å². The molecule has 0 amide bonds. The molecule has 1 aromatic carbocycles. The van der Waals surface area contributed by atoms with Crippen molar-refractivity contribution >= 4 is 0 Å². The van der Waals surface area contributed by atoms with Crippen LogP contribution < -0.4 is 0 Å². The summed E-state index contributed by atoms with van der Waals surface area (Å²) in [6.07, 6.45) is -0.510. The van der Waals surface area contributed by atoms with Gasteiger partial charge < -0.3 is 0 Å². The van der Waals surface area contributed by atoms with Crippen molar-refractivity contribution in [2.45, 2.75) is 12.3 Å². The van der Waals surface area contributed by atoms with E-state index in [0.717, 1.165) is 6.07 Å². The minimum atomic E-state index is -3.25. The monoisotopic (exact) mass is 167 g/mol. The summed E-state index contributed by atoms with van der Waals surface area (Å²) in [5.74, 6) is -3.25. The van der Waals surface area contributed by atoms with E-state index in [-0.39, 0.29) is 0 Å². The predicted molar refractivity (Wildman–Crippen MR) is 40.7 cm³/mol. The molecule has 0 saturated heterocycles. The molecule has 62 valence electrons. The first-order chi connectivity index (χ1) is 5.64. The molecule has 0 spiro atoms. The maximum Gasteiger partial charge on any atom is 0.335 e. The van der Waals surface area contributed by atoms with Gasteiger partial charge in [-0.3, -0.25) is 0 Å². The maximum atomic E-state index is 12.5. The molecule has 0 atom stereocenters. The first kappa shape index (κ1) is 8.66. The number of hydrogen-bond acceptors (Lipinski definition) is 1. The van der Waals surface area contributed by atoms with Crippen LogP contribution in [0, 0.1) is 11.3 Å². The fraction of sp³-hybridized carbons (Fsp3) is 0.222. The Hall–Kier alpha value is -1.43. The summed E-state index contributed by atoms with van der Waals surface area (Å²) in [7, 11) is 0. The van der Waals surface area contributed by atoms with Crippen molar-refractivity contribution in [1.29, 1.82) is 5.26 Å². The van der Waals surface area contributed by atoms with Crippen molar-refractivity contribution in [3.05, 3.63) is 35.9 Å². The molecule has 0 heterocycles. The Balaban J connectivity index is 2.72. The van der Waals surface area contributed by atoms with Crippen molar-refractivity contribution in [3.63, 3.8) is 0 Å². The van der Waals surface area contributed by atoms with Gasteiger partial charge in [-0.1, -0.05) is 30.3 Å². The standard InChI is InChI=1S/C9H7F2N/c10-9(11,7-12)6-8-4-2-1-3-5-8/h1-5H,6H2. The molecule has 1 aromatic rings. The van der Waals surface area contributed by atoms with Gasteiger partial charge >= 0.3 is 5.92 Å². The highest BCUT2D eigenvalue weighted by atomic mass is 19.3. The molecule has 0 aliphatic carbocycles. The number of alkyl halides is 2. The van der Waals surface area contributed by atoms with E-state index in [1.54, 1.807) is 30.3 Å². The summed E-state index contributed by atoms with van der Waals surface area (Å²) in [6.45, 7) is 0. The van der Waals surface area contributed by atoms with Gasteiger partial charge in [-0.15, -0.1) is 0 Å². The molecule has 0 bridgehead atoms. The van der Waals surface area contributed by atoms with Crippen molar-refractivity contribution in [2.24, 2.45) is 0 Å². The molecule has 0 fully saturated rings. The molecule has 12 heavy (non-hydrogen) atoms. The second-order valence-electron chi connectivity index (χ2n) is 2.48. The average Bonchev–Trinajstić information content (AvgIpc) is 2.06. The number of nitrogens with zero attached hydrogens (tertiary/aromatic N) is 1. The lowest BCUT2D eigenvalue weighted by Gasteiger charge is -2.05. The predicted octanol–water partition coefficient (Wildman–Crippen LogP) is 2.39. The molecular weight excluding hydrogens is 160 g/mol. The van der Waals surface area contributed by atoms with E-state index in [1.165, 1.54) is 0 Å². The Morgan fingerprint density at radius 2 is 1.83 bits per heavy atom. The molecule has 0 saturated carbocycles. The minimum Gasteiger partial charge on any atom is -0.192 e. The van der Waals surface area contributed by atoms with Crippen LogP contribution in [0.4, 0.5) is 8.78 Å². The molecule has 0 N–H and O–H groups in total. The van der Waals surface area contributed by atoms with Gasteiger partial charge in [-0.05, 0) is 5.56 Å². The van der Waals surface area contributed by atoms with Gasteiger partial charge in [0.2, 0.25) is 0 Å². The Bertz CT molecular complexity index is 287. The van der Waals surface area contributed by atoms with E-state index in [1.807, 2.05) is 0 Å².